The zero-order valence-corrected chi connectivity index (χ0v) is 24.8. The lowest BCUT2D eigenvalue weighted by atomic mass is 9.78. The van der Waals surface area contributed by atoms with Crippen LogP contribution in [0.4, 0.5) is 14.5 Å². The van der Waals surface area contributed by atoms with Crippen LogP contribution in [0, 0.1) is 17.6 Å². The second-order valence-corrected chi connectivity index (χ2v) is 12.6. The minimum absolute atomic E-state index is 0.0739. The number of carbonyl (C=O) groups is 1. The molecular formula is C31H33F2NO10S. The van der Waals surface area contributed by atoms with E-state index in [2.05, 4.69) is 0 Å². The Morgan fingerprint density at radius 1 is 0.889 bits per heavy atom. The van der Waals surface area contributed by atoms with Crippen LogP contribution in [0.15, 0.2) is 72.8 Å². The van der Waals surface area contributed by atoms with Crippen molar-refractivity contribution in [3.8, 4) is 5.75 Å². The lowest BCUT2D eigenvalue weighted by Crippen LogP contribution is -2.59. The maximum absolute atomic E-state index is 13.6. The van der Waals surface area contributed by atoms with Gasteiger partial charge in [-0.2, -0.15) is 8.42 Å². The summed E-state index contributed by atoms with van der Waals surface area (Å²) in [4.78, 5) is 14.8. The van der Waals surface area contributed by atoms with Crippen LogP contribution in [0.25, 0.3) is 0 Å². The number of β-lactam (4-membered cyclic amide) rings is 1. The fourth-order valence-electron chi connectivity index (χ4n) is 5.64. The monoisotopic (exact) mass is 649 g/mol. The standard InChI is InChI=1S/C31H33F2NO10S/c1-42-31-29(38)28(37)27(36)25(43-31)16-45(40,41)44-22-12-4-18(5-13-22)26-23(14-15-24(35)17-2-6-19(32)7-3-17)30(39)34(26)21-10-8-20(33)9-11-21/h2-13,23-29,31,35-38H,14-16H2,1H3/t23-,24+,25?,26-,27?,28?,29?,31?/m1/s1. The van der Waals surface area contributed by atoms with Crippen molar-refractivity contribution in [1.82, 2.24) is 0 Å². The van der Waals surface area contributed by atoms with Gasteiger partial charge in [-0.3, -0.25) is 4.79 Å². The van der Waals surface area contributed by atoms with E-state index in [9.17, 15) is 42.4 Å². The van der Waals surface area contributed by atoms with Crippen LogP contribution >= 0.6 is 0 Å². The van der Waals surface area contributed by atoms with Gasteiger partial charge in [-0.05, 0) is 72.5 Å². The number of benzene rings is 3. The molecule has 2 fully saturated rings. The van der Waals surface area contributed by atoms with Crippen LogP contribution in [0.1, 0.15) is 36.1 Å². The highest BCUT2D eigenvalue weighted by Gasteiger charge is 2.49. The second kappa shape index (κ2) is 13.5. The first kappa shape index (κ1) is 32.9. The highest BCUT2D eigenvalue weighted by atomic mass is 32.2. The number of hydrogen-bond donors (Lipinski definition) is 4. The van der Waals surface area contributed by atoms with Gasteiger partial charge in [-0.25, -0.2) is 8.78 Å². The van der Waals surface area contributed by atoms with Crippen LogP contribution in [-0.4, -0.2) is 78.3 Å². The number of methoxy groups -OCH3 is 1. The van der Waals surface area contributed by atoms with Gasteiger partial charge in [-0.15, -0.1) is 0 Å². The number of carbonyl (C=O) groups excluding carboxylic acids is 1. The molecule has 11 nitrogen and oxygen atoms in total. The van der Waals surface area contributed by atoms with Gasteiger partial charge in [0.2, 0.25) is 5.91 Å². The van der Waals surface area contributed by atoms with Gasteiger partial charge < -0.3 is 39.0 Å². The average molecular weight is 650 g/mol. The molecule has 0 aliphatic carbocycles. The molecule has 3 aromatic carbocycles. The number of aliphatic hydroxyl groups is 4. The van der Waals surface area contributed by atoms with E-state index in [1.165, 1.54) is 72.7 Å². The van der Waals surface area contributed by atoms with E-state index >= 15 is 0 Å². The van der Waals surface area contributed by atoms with E-state index in [0.717, 1.165) is 0 Å². The number of aliphatic hydroxyl groups excluding tert-OH is 4. The molecule has 3 aromatic rings. The smallest absolute Gasteiger partial charge is 0.311 e. The Hall–Kier alpha value is -3.50. The van der Waals surface area contributed by atoms with Crippen molar-refractivity contribution in [2.24, 2.45) is 5.92 Å². The largest absolute Gasteiger partial charge is 0.388 e. The summed E-state index contributed by atoms with van der Waals surface area (Å²) in [5.74, 6) is -2.65. The summed E-state index contributed by atoms with van der Waals surface area (Å²) < 4.78 is 67.9. The summed E-state index contributed by atoms with van der Waals surface area (Å²) in [5.41, 5.74) is 1.58. The molecule has 2 heterocycles. The van der Waals surface area contributed by atoms with Gasteiger partial charge in [0.15, 0.2) is 6.29 Å². The minimum Gasteiger partial charge on any atom is -0.388 e. The summed E-state index contributed by atoms with van der Waals surface area (Å²) in [7, 11) is -3.19. The van der Waals surface area contributed by atoms with E-state index in [4.69, 9.17) is 13.7 Å². The number of hydrogen-bond acceptors (Lipinski definition) is 10. The number of rotatable bonds is 11. The molecule has 2 aliphatic heterocycles. The van der Waals surface area contributed by atoms with Crippen LogP contribution in [0.2, 0.25) is 0 Å². The summed E-state index contributed by atoms with van der Waals surface area (Å²) >= 11 is 0. The predicted octanol–water partition coefficient (Wildman–Crippen LogP) is 2.35. The van der Waals surface area contributed by atoms with E-state index in [-0.39, 0.29) is 24.5 Å². The van der Waals surface area contributed by atoms with Crippen molar-refractivity contribution >= 4 is 21.7 Å². The lowest BCUT2D eigenvalue weighted by molar-refractivity contribution is -0.285. The van der Waals surface area contributed by atoms with Crippen LogP contribution in [-0.2, 0) is 24.4 Å². The van der Waals surface area contributed by atoms with Crippen LogP contribution < -0.4 is 9.08 Å². The molecule has 2 aliphatic rings. The molecule has 242 valence electrons. The number of amides is 1. The van der Waals surface area contributed by atoms with Crippen molar-refractivity contribution in [2.45, 2.75) is 55.7 Å². The van der Waals surface area contributed by atoms with E-state index < -0.39 is 76.3 Å². The molecular weight excluding hydrogens is 616 g/mol. The maximum Gasteiger partial charge on any atom is 0.311 e. The molecule has 0 spiro atoms. The molecule has 5 unspecified atom stereocenters. The Bertz CT molecular complexity index is 1570. The Balaban J connectivity index is 1.31. The van der Waals surface area contributed by atoms with Gasteiger partial charge in [0.25, 0.3) is 0 Å². The quantitative estimate of drug-likeness (QED) is 0.179. The van der Waals surface area contributed by atoms with Gasteiger partial charge in [-0.1, -0.05) is 24.3 Å². The highest BCUT2D eigenvalue weighted by molar-refractivity contribution is 7.87. The van der Waals surface area contributed by atoms with Crippen molar-refractivity contribution < 1.29 is 56.1 Å². The molecule has 2 saturated heterocycles. The van der Waals surface area contributed by atoms with Crippen LogP contribution in [0.5, 0.6) is 5.75 Å². The molecule has 4 N–H and O–H groups in total. The summed E-state index contributed by atoms with van der Waals surface area (Å²) in [5, 5.41) is 40.8. The van der Waals surface area contributed by atoms with Gasteiger partial charge >= 0.3 is 10.1 Å². The summed E-state index contributed by atoms with van der Waals surface area (Å²) in [6.45, 7) is 0. The Morgan fingerprint density at radius 2 is 1.49 bits per heavy atom. The molecule has 0 bridgehead atoms. The van der Waals surface area contributed by atoms with Gasteiger partial charge in [0.1, 0.15) is 47.6 Å². The summed E-state index contributed by atoms with van der Waals surface area (Å²) in [6, 6.07) is 16.2. The molecule has 5 rings (SSSR count). The second-order valence-electron chi connectivity index (χ2n) is 11.0. The van der Waals surface area contributed by atoms with Crippen molar-refractivity contribution in [2.75, 3.05) is 17.8 Å². The fourth-order valence-corrected chi connectivity index (χ4v) is 6.79. The molecule has 45 heavy (non-hydrogen) atoms. The molecule has 0 radical (unpaired) electrons. The van der Waals surface area contributed by atoms with Crippen molar-refractivity contribution in [3.63, 3.8) is 0 Å². The van der Waals surface area contributed by atoms with Crippen LogP contribution in [0.3, 0.4) is 0 Å². The SMILES string of the molecule is COC1OC(CS(=O)(=O)Oc2ccc([C@@H]3[C@@H](CC[C@H](O)c4ccc(F)cc4)C(=O)N3c3ccc(F)cc3)cc2)C(O)C(O)C1O. The van der Waals surface area contributed by atoms with Crippen molar-refractivity contribution in [1.29, 1.82) is 0 Å². The topological polar surface area (TPSA) is 163 Å². The Labute approximate surface area is 258 Å². The van der Waals surface area contributed by atoms with Crippen molar-refractivity contribution in [3.05, 3.63) is 95.6 Å². The number of anilines is 1. The fraction of sp³-hybridized carbons (Fsp3) is 0.387. The van der Waals surface area contributed by atoms with E-state index in [0.29, 0.717) is 16.8 Å². The maximum atomic E-state index is 13.6. The number of halogens is 2. The third kappa shape index (κ3) is 7.17. The first-order chi connectivity index (χ1) is 21.4. The normalized spacial score (nSPS) is 27.6. The summed E-state index contributed by atoms with van der Waals surface area (Å²) in [6.07, 6.45) is -8.27. The molecule has 1 amide bonds. The molecule has 0 saturated carbocycles. The third-order valence-electron chi connectivity index (χ3n) is 8.04. The zero-order valence-electron chi connectivity index (χ0n) is 24.0. The van der Waals surface area contributed by atoms with E-state index in [1.807, 2.05) is 0 Å². The zero-order chi connectivity index (χ0) is 32.5. The number of ether oxygens (including phenoxy) is 2. The first-order valence-corrected chi connectivity index (χ1v) is 15.7. The van der Waals surface area contributed by atoms with Gasteiger partial charge in [0, 0.05) is 12.8 Å². The molecule has 14 heteroatoms. The first-order valence-electron chi connectivity index (χ1n) is 14.1. The highest BCUT2D eigenvalue weighted by Crippen LogP contribution is 2.46. The lowest BCUT2D eigenvalue weighted by Gasteiger charge is -2.48. The third-order valence-corrected chi connectivity index (χ3v) is 9.22. The average Bonchev–Trinajstić information content (AvgIpc) is 3.01. The number of nitrogens with zero attached hydrogens (tertiary/aromatic N) is 1. The van der Waals surface area contributed by atoms with Gasteiger partial charge in [0.05, 0.1) is 18.1 Å². The Kier molecular flexibility index (Phi) is 9.84. The minimum atomic E-state index is -4.37. The molecule has 8 atom stereocenters. The van der Waals surface area contributed by atoms with E-state index in [1.54, 1.807) is 12.1 Å². The predicted molar refractivity (Wildman–Crippen MR) is 155 cm³/mol. The molecule has 0 aromatic heterocycles. The Morgan fingerprint density at radius 3 is 2.09 bits per heavy atom.